The van der Waals surface area contributed by atoms with Gasteiger partial charge in [-0.05, 0) is 82.6 Å². The Morgan fingerprint density at radius 2 is 1.76 bits per heavy atom. The van der Waals surface area contributed by atoms with Gasteiger partial charge in [0.25, 0.3) is 10.0 Å². The zero-order valence-electron chi connectivity index (χ0n) is 21.1. The van der Waals surface area contributed by atoms with Gasteiger partial charge in [0, 0.05) is 43.3 Å². The fourth-order valence-electron chi connectivity index (χ4n) is 5.26. The number of halogens is 3. The molecule has 0 bridgehead atoms. The number of piperidine rings is 2. The van der Waals surface area contributed by atoms with Crippen molar-refractivity contribution in [3.63, 3.8) is 0 Å². The molecule has 0 saturated carbocycles. The van der Waals surface area contributed by atoms with E-state index in [0.29, 0.717) is 31.0 Å². The summed E-state index contributed by atoms with van der Waals surface area (Å²) in [5.74, 6) is -1.61. The van der Waals surface area contributed by atoms with Gasteiger partial charge in [-0.25, -0.2) is 22.0 Å². The fraction of sp³-hybridized carbons (Fsp3) is 0.500. The van der Waals surface area contributed by atoms with Crippen LogP contribution in [0.4, 0.5) is 19.3 Å². The third-order valence-corrected chi connectivity index (χ3v) is 9.10. The van der Waals surface area contributed by atoms with Gasteiger partial charge < -0.3 is 14.7 Å². The molecule has 2 atom stereocenters. The second kappa shape index (κ2) is 11.5. The normalized spacial score (nSPS) is 20.8. The van der Waals surface area contributed by atoms with Gasteiger partial charge >= 0.3 is 6.03 Å². The Morgan fingerprint density at radius 1 is 1.03 bits per heavy atom. The molecule has 2 fully saturated rings. The number of hydrogen-bond donors (Lipinski definition) is 0. The first kappa shape index (κ1) is 27.6. The largest absolute Gasteiger partial charge is 0.323 e. The van der Waals surface area contributed by atoms with E-state index in [1.807, 2.05) is 19.0 Å². The molecule has 4 rings (SSSR count). The maximum Gasteiger partial charge on any atom is 0.320 e. The summed E-state index contributed by atoms with van der Waals surface area (Å²) < 4.78 is 57.9. The second-order valence-electron chi connectivity index (χ2n) is 9.98. The monoisotopic (exact) mass is 554 g/mol. The number of likely N-dealkylation sites (tertiary alicyclic amines) is 2. The van der Waals surface area contributed by atoms with Gasteiger partial charge in [0.2, 0.25) is 0 Å². The lowest BCUT2D eigenvalue weighted by atomic mass is 10.0. The van der Waals surface area contributed by atoms with E-state index in [0.717, 1.165) is 48.3 Å². The van der Waals surface area contributed by atoms with Gasteiger partial charge in [-0.1, -0.05) is 11.6 Å². The van der Waals surface area contributed by atoms with Crippen molar-refractivity contribution >= 4 is 33.3 Å². The number of urea groups is 1. The van der Waals surface area contributed by atoms with Crippen molar-refractivity contribution in [3.05, 3.63) is 59.1 Å². The maximum atomic E-state index is 15.0. The number of hydrogen-bond acceptors (Lipinski definition) is 4. The number of carbonyl (C=O) groups excluding carboxylic acids is 1. The quantitative estimate of drug-likeness (QED) is 0.514. The highest BCUT2D eigenvalue weighted by Crippen LogP contribution is 2.33. The van der Waals surface area contributed by atoms with Crippen molar-refractivity contribution in [2.45, 2.75) is 49.1 Å². The Kier molecular flexibility index (Phi) is 8.60. The van der Waals surface area contributed by atoms with E-state index >= 15 is 4.39 Å². The summed E-state index contributed by atoms with van der Waals surface area (Å²) in [5.41, 5.74) is -0.377. The number of rotatable bonds is 6. The van der Waals surface area contributed by atoms with E-state index in [1.165, 1.54) is 24.3 Å². The molecule has 0 aromatic heterocycles. The van der Waals surface area contributed by atoms with Gasteiger partial charge in [-0.15, -0.1) is 0 Å². The van der Waals surface area contributed by atoms with Crippen LogP contribution in [0.3, 0.4) is 0 Å². The van der Waals surface area contributed by atoms with Gasteiger partial charge in [-0.3, -0.25) is 4.31 Å². The number of benzene rings is 2. The van der Waals surface area contributed by atoms with Crippen molar-refractivity contribution in [2.24, 2.45) is 0 Å². The van der Waals surface area contributed by atoms with Crippen LogP contribution in [0.5, 0.6) is 0 Å². The van der Waals surface area contributed by atoms with Crippen LogP contribution in [-0.4, -0.2) is 81.5 Å². The zero-order chi connectivity index (χ0) is 26.7. The first-order chi connectivity index (χ1) is 17.6. The van der Waals surface area contributed by atoms with Crippen LogP contribution in [-0.2, 0) is 10.0 Å². The molecule has 11 heteroatoms. The Bertz CT molecular complexity index is 1210. The molecule has 2 amide bonds. The molecule has 2 unspecified atom stereocenters. The SMILES string of the molecule is CN(C)CC1CCCCN1C(=O)N1CCCC(N(c2cc(F)ccc2F)S(=O)(=O)c2ccc(Cl)cc2)C1. The number of sulfonamides is 1. The van der Waals surface area contributed by atoms with Crippen LogP contribution in [0.25, 0.3) is 0 Å². The molecule has 2 saturated heterocycles. The van der Waals surface area contributed by atoms with Crippen LogP contribution in [0.2, 0.25) is 5.02 Å². The molecule has 7 nitrogen and oxygen atoms in total. The molecule has 0 spiro atoms. The van der Waals surface area contributed by atoms with Gasteiger partial charge in [0.1, 0.15) is 11.6 Å². The summed E-state index contributed by atoms with van der Waals surface area (Å²) in [6.07, 6.45) is 3.81. The van der Waals surface area contributed by atoms with Crippen molar-refractivity contribution in [1.29, 1.82) is 0 Å². The minimum absolute atomic E-state index is 0.0752. The highest BCUT2D eigenvalue weighted by atomic mass is 35.5. The van der Waals surface area contributed by atoms with E-state index < -0.39 is 27.7 Å². The highest BCUT2D eigenvalue weighted by Gasteiger charge is 2.39. The van der Waals surface area contributed by atoms with E-state index in [4.69, 9.17) is 11.6 Å². The van der Waals surface area contributed by atoms with Gasteiger partial charge in [0.15, 0.2) is 0 Å². The predicted molar refractivity (Wildman–Crippen MR) is 140 cm³/mol. The van der Waals surface area contributed by atoms with Crippen LogP contribution in [0.1, 0.15) is 32.1 Å². The summed E-state index contributed by atoms with van der Waals surface area (Å²) in [7, 11) is -0.354. The Hall–Kier alpha value is -2.43. The molecule has 2 aliphatic heterocycles. The molecule has 0 aliphatic carbocycles. The zero-order valence-corrected chi connectivity index (χ0v) is 22.7. The second-order valence-corrected chi connectivity index (χ2v) is 12.2. The third-order valence-electron chi connectivity index (χ3n) is 6.96. The molecule has 0 N–H and O–H groups in total. The first-order valence-electron chi connectivity index (χ1n) is 12.5. The summed E-state index contributed by atoms with van der Waals surface area (Å²) in [5, 5.41) is 0.352. The lowest BCUT2D eigenvalue weighted by molar-refractivity contribution is 0.0955. The summed E-state index contributed by atoms with van der Waals surface area (Å²) >= 11 is 5.95. The fourth-order valence-corrected chi connectivity index (χ4v) is 7.06. The third kappa shape index (κ3) is 6.18. The smallest absolute Gasteiger partial charge is 0.320 e. The summed E-state index contributed by atoms with van der Waals surface area (Å²) in [4.78, 5) is 19.1. The van der Waals surface area contributed by atoms with Crippen molar-refractivity contribution in [3.8, 4) is 0 Å². The van der Waals surface area contributed by atoms with Crippen LogP contribution < -0.4 is 4.31 Å². The minimum atomic E-state index is -4.30. The molecule has 37 heavy (non-hydrogen) atoms. The van der Waals surface area contributed by atoms with E-state index in [-0.39, 0.29) is 29.2 Å². The maximum absolute atomic E-state index is 15.0. The van der Waals surface area contributed by atoms with Crippen molar-refractivity contribution < 1.29 is 22.0 Å². The molecule has 2 aromatic rings. The number of anilines is 1. The number of carbonyl (C=O) groups is 1. The molecule has 2 heterocycles. The highest BCUT2D eigenvalue weighted by molar-refractivity contribution is 7.92. The topological polar surface area (TPSA) is 64.2 Å². The summed E-state index contributed by atoms with van der Waals surface area (Å²) in [6.45, 7) is 1.94. The molecule has 2 aliphatic rings. The van der Waals surface area contributed by atoms with Crippen LogP contribution >= 0.6 is 11.6 Å². The molecule has 202 valence electrons. The average molecular weight is 555 g/mol. The number of nitrogens with zero attached hydrogens (tertiary/aromatic N) is 4. The number of amides is 2. The Balaban J connectivity index is 1.67. The minimum Gasteiger partial charge on any atom is -0.323 e. The lowest BCUT2D eigenvalue weighted by Crippen LogP contribution is -2.58. The predicted octanol–water partition coefficient (Wildman–Crippen LogP) is 4.81. The van der Waals surface area contributed by atoms with Crippen molar-refractivity contribution in [2.75, 3.05) is 44.6 Å². The molecule has 0 radical (unpaired) electrons. The summed E-state index contributed by atoms with van der Waals surface area (Å²) in [6, 6.07) is 7.48. The number of likely N-dealkylation sites (N-methyl/N-ethyl adjacent to an activating group) is 1. The standard InChI is InChI=1S/C26H33ClF2N4O3S/c1-30(2)17-21-6-3-4-15-32(21)26(34)31-14-5-7-22(18-31)33(25-16-20(28)10-13-24(25)29)37(35,36)23-11-8-19(27)9-12-23/h8-13,16,21-22H,3-7,14-15,17-18H2,1-2H3. The van der Waals surface area contributed by atoms with Gasteiger partial charge in [-0.2, -0.15) is 0 Å². The Morgan fingerprint density at radius 3 is 2.46 bits per heavy atom. The van der Waals surface area contributed by atoms with Gasteiger partial charge in [0.05, 0.1) is 16.6 Å². The average Bonchev–Trinajstić information content (AvgIpc) is 2.86. The molecular formula is C26H33ClF2N4O3S. The van der Waals surface area contributed by atoms with Crippen molar-refractivity contribution in [1.82, 2.24) is 14.7 Å². The molecule has 2 aromatic carbocycles. The first-order valence-corrected chi connectivity index (χ1v) is 14.3. The van der Waals surface area contributed by atoms with E-state index in [2.05, 4.69) is 4.90 Å². The molecular weight excluding hydrogens is 522 g/mol. The van der Waals surface area contributed by atoms with Crippen LogP contribution in [0, 0.1) is 11.6 Å². The van der Waals surface area contributed by atoms with E-state index in [9.17, 15) is 17.6 Å². The Labute approximate surface area is 222 Å². The van der Waals surface area contributed by atoms with Crippen LogP contribution in [0.15, 0.2) is 47.4 Å². The lowest BCUT2D eigenvalue weighted by Gasteiger charge is -2.44. The van der Waals surface area contributed by atoms with E-state index in [1.54, 1.807) is 4.90 Å².